The monoisotopic (exact) mass is 311 g/mol. The summed E-state index contributed by atoms with van der Waals surface area (Å²) in [4.78, 5) is 32.1. The van der Waals surface area contributed by atoms with Gasteiger partial charge in [-0.2, -0.15) is 0 Å². The van der Waals surface area contributed by atoms with E-state index in [9.17, 15) is 9.59 Å². The molecule has 0 saturated carbocycles. The molecule has 0 radical (unpaired) electrons. The van der Waals surface area contributed by atoms with Crippen LogP contribution < -0.4 is 15.5 Å². The Bertz CT molecular complexity index is 903. The lowest BCUT2D eigenvalue weighted by molar-refractivity contribution is 0.0997. The first kappa shape index (κ1) is 14.7. The minimum absolute atomic E-state index is 0.0809. The average Bonchev–Trinajstić information content (AvgIpc) is 2.57. The van der Waals surface area contributed by atoms with Gasteiger partial charge in [0.15, 0.2) is 11.2 Å². The standard InChI is InChI=1S/C16H13N3O4/c1-2-22-16-17-8-10(9-18-16)19-15(21)14-7-12(20)11-5-3-4-6-13(11)23-14/h3-9H,2H2,1H3,(H,19,21). The number of aromatic nitrogens is 2. The van der Waals surface area contributed by atoms with Gasteiger partial charge in [-0.1, -0.05) is 12.1 Å². The average molecular weight is 311 g/mol. The van der Waals surface area contributed by atoms with Crippen molar-refractivity contribution < 1.29 is 13.9 Å². The Labute approximate surface area is 130 Å². The smallest absolute Gasteiger partial charge is 0.316 e. The zero-order chi connectivity index (χ0) is 16.2. The van der Waals surface area contributed by atoms with Crippen LogP contribution in [-0.4, -0.2) is 22.5 Å². The molecule has 1 amide bonds. The molecule has 0 unspecified atom stereocenters. The van der Waals surface area contributed by atoms with E-state index in [1.165, 1.54) is 12.4 Å². The van der Waals surface area contributed by atoms with Crippen LogP contribution in [0.3, 0.4) is 0 Å². The number of nitrogens with one attached hydrogen (secondary N) is 1. The fourth-order valence-corrected chi connectivity index (χ4v) is 1.99. The number of amides is 1. The Morgan fingerprint density at radius 1 is 1.26 bits per heavy atom. The Kier molecular flexibility index (Phi) is 4.01. The molecular formula is C16H13N3O4. The van der Waals surface area contributed by atoms with E-state index in [2.05, 4.69) is 15.3 Å². The second kappa shape index (κ2) is 6.27. The van der Waals surface area contributed by atoms with E-state index in [0.29, 0.717) is 23.3 Å². The molecule has 0 spiro atoms. The highest BCUT2D eigenvalue weighted by Gasteiger charge is 2.13. The Morgan fingerprint density at radius 2 is 2.00 bits per heavy atom. The fourth-order valence-electron chi connectivity index (χ4n) is 1.99. The highest BCUT2D eigenvalue weighted by Crippen LogP contribution is 2.14. The normalized spacial score (nSPS) is 10.5. The molecule has 2 aromatic heterocycles. The maximum absolute atomic E-state index is 12.2. The van der Waals surface area contributed by atoms with E-state index < -0.39 is 5.91 Å². The van der Waals surface area contributed by atoms with E-state index in [0.717, 1.165) is 6.07 Å². The Balaban J connectivity index is 1.84. The summed E-state index contributed by atoms with van der Waals surface area (Å²) in [5.74, 6) is -0.636. The largest absolute Gasteiger partial charge is 0.464 e. The zero-order valence-corrected chi connectivity index (χ0v) is 12.3. The van der Waals surface area contributed by atoms with Gasteiger partial charge in [-0.15, -0.1) is 0 Å². The number of anilines is 1. The summed E-state index contributed by atoms with van der Waals surface area (Å²) in [7, 11) is 0. The predicted molar refractivity (Wildman–Crippen MR) is 83.6 cm³/mol. The molecule has 0 aliphatic heterocycles. The fraction of sp³-hybridized carbons (Fsp3) is 0.125. The van der Waals surface area contributed by atoms with Gasteiger partial charge in [-0.25, -0.2) is 9.97 Å². The number of ether oxygens (including phenoxy) is 1. The first-order valence-electron chi connectivity index (χ1n) is 6.96. The van der Waals surface area contributed by atoms with Crippen molar-refractivity contribution in [3.05, 3.63) is 58.7 Å². The van der Waals surface area contributed by atoms with Crippen molar-refractivity contribution >= 4 is 22.6 Å². The van der Waals surface area contributed by atoms with Gasteiger partial charge in [0, 0.05) is 6.07 Å². The van der Waals surface area contributed by atoms with E-state index in [4.69, 9.17) is 9.15 Å². The van der Waals surface area contributed by atoms with E-state index in [-0.39, 0.29) is 17.2 Å². The minimum Gasteiger partial charge on any atom is -0.464 e. The van der Waals surface area contributed by atoms with Gasteiger partial charge in [0.1, 0.15) is 5.58 Å². The lowest BCUT2D eigenvalue weighted by Gasteiger charge is -2.05. The van der Waals surface area contributed by atoms with Crippen LogP contribution in [0.15, 0.2) is 51.9 Å². The highest BCUT2D eigenvalue weighted by atomic mass is 16.5. The van der Waals surface area contributed by atoms with Gasteiger partial charge in [-0.05, 0) is 19.1 Å². The lowest BCUT2D eigenvalue weighted by Crippen LogP contribution is -2.15. The maximum atomic E-state index is 12.2. The van der Waals surface area contributed by atoms with Crippen LogP contribution in [-0.2, 0) is 0 Å². The van der Waals surface area contributed by atoms with Crippen LogP contribution in [0.2, 0.25) is 0 Å². The number of benzene rings is 1. The predicted octanol–water partition coefficient (Wildman–Crippen LogP) is 2.23. The third-order valence-corrected chi connectivity index (χ3v) is 3.02. The molecule has 116 valence electrons. The van der Waals surface area contributed by atoms with Crippen LogP contribution in [0.1, 0.15) is 17.5 Å². The molecule has 0 aliphatic rings. The minimum atomic E-state index is -0.555. The molecule has 2 heterocycles. The van der Waals surface area contributed by atoms with Crippen molar-refractivity contribution in [1.82, 2.24) is 9.97 Å². The van der Waals surface area contributed by atoms with Crippen molar-refractivity contribution in [3.63, 3.8) is 0 Å². The maximum Gasteiger partial charge on any atom is 0.316 e. The summed E-state index contributed by atoms with van der Waals surface area (Å²) in [6.07, 6.45) is 2.82. The number of carbonyl (C=O) groups excluding carboxylic acids is 1. The Hall–Kier alpha value is -3.22. The molecule has 0 fully saturated rings. The van der Waals surface area contributed by atoms with Crippen molar-refractivity contribution in [3.8, 4) is 6.01 Å². The number of hydrogen-bond donors (Lipinski definition) is 1. The number of carbonyl (C=O) groups is 1. The third kappa shape index (κ3) is 3.18. The quantitative estimate of drug-likeness (QED) is 0.794. The summed E-state index contributed by atoms with van der Waals surface area (Å²) in [5, 5.41) is 2.99. The summed E-state index contributed by atoms with van der Waals surface area (Å²) >= 11 is 0. The Morgan fingerprint density at radius 3 is 2.74 bits per heavy atom. The molecule has 7 nitrogen and oxygen atoms in total. The molecule has 7 heteroatoms. The molecule has 1 N–H and O–H groups in total. The van der Waals surface area contributed by atoms with Gasteiger partial charge in [0.25, 0.3) is 5.91 Å². The van der Waals surface area contributed by atoms with Gasteiger partial charge in [0.2, 0.25) is 0 Å². The number of fused-ring (bicyclic) bond motifs is 1. The summed E-state index contributed by atoms with van der Waals surface area (Å²) in [6, 6.07) is 8.12. The van der Waals surface area contributed by atoms with Crippen LogP contribution in [0, 0.1) is 0 Å². The zero-order valence-electron chi connectivity index (χ0n) is 12.3. The van der Waals surface area contributed by atoms with Crippen LogP contribution in [0.5, 0.6) is 6.01 Å². The first-order chi connectivity index (χ1) is 11.2. The summed E-state index contributed by atoms with van der Waals surface area (Å²) in [6.45, 7) is 2.27. The van der Waals surface area contributed by atoms with E-state index in [1.54, 1.807) is 24.3 Å². The molecule has 0 saturated heterocycles. The molecule has 3 aromatic rings. The molecule has 0 atom stereocenters. The molecule has 0 bridgehead atoms. The molecule has 0 aliphatic carbocycles. The number of rotatable bonds is 4. The van der Waals surface area contributed by atoms with Gasteiger partial charge >= 0.3 is 6.01 Å². The molecular weight excluding hydrogens is 298 g/mol. The van der Waals surface area contributed by atoms with E-state index >= 15 is 0 Å². The lowest BCUT2D eigenvalue weighted by atomic mass is 10.2. The van der Waals surface area contributed by atoms with Gasteiger partial charge in [0.05, 0.1) is 30.1 Å². The van der Waals surface area contributed by atoms with Gasteiger partial charge in [-0.3, -0.25) is 9.59 Å². The first-order valence-corrected chi connectivity index (χ1v) is 6.96. The van der Waals surface area contributed by atoms with Crippen LogP contribution in [0.25, 0.3) is 11.0 Å². The molecule has 1 aromatic carbocycles. The van der Waals surface area contributed by atoms with Crippen molar-refractivity contribution in [2.24, 2.45) is 0 Å². The number of para-hydroxylation sites is 1. The van der Waals surface area contributed by atoms with E-state index in [1.807, 2.05) is 6.92 Å². The second-order valence-electron chi connectivity index (χ2n) is 4.61. The van der Waals surface area contributed by atoms with Crippen molar-refractivity contribution in [2.75, 3.05) is 11.9 Å². The summed E-state index contributed by atoms with van der Waals surface area (Å²) < 4.78 is 10.6. The van der Waals surface area contributed by atoms with Crippen molar-refractivity contribution in [1.29, 1.82) is 0 Å². The topological polar surface area (TPSA) is 94.3 Å². The van der Waals surface area contributed by atoms with Crippen LogP contribution >= 0.6 is 0 Å². The van der Waals surface area contributed by atoms with Crippen molar-refractivity contribution in [2.45, 2.75) is 6.92 Å². The SMILES string of the molecule is CCOc1ncc(NC(=O)c2cc(=O)c3ccccc3o2)cn1. The van der Waals surface area contributed by atoms with Gasteiger partial charge < -0.3 is 14.5 Å². The highest BCUT2D eigenvalue weighted by molar-refractivity contribution is 6.02. The number of nitrogens with zero attached hydrogens (tertiary/aromatic N) is 2. The number of hydrogen-bond acceptors (Lipinski definition) is 6. The van der Waals surface area contributed by atoms with Crippen LogP contribution in [0.4, 0.5) is 5.69 Å². The summed E-state index contributed by atoms with van der Waals surface area (Å²) in [5.41, 5.74) is 0.447. The molecule has 3 rings (SSSR count). The second-order valence-corrected chi connectivity index (χ2v) is 4.61. The molecule has 23 heavy (non-hydrogen) atoms. The third-order valence-electron chi connectivity index (χ3n) is 3.02.